The van der Waals surface area contributed by atoms with Crippen LogP contribution in [0.25, 0.3) is 0 Å². The van der Waals surface area contributed by atoms with Gasteiger partial charge in [-0.25, -0.2) is 0 Å². The van der Waals surface area contributed by atoms with E-state index < -0.39 is 5.97 Å². The van der Waals surface area contributed by atoms with Crippen LogP contribution in [-0.2, 0) is 9.53 Å². The summed E-state index contributed by atoms with van der Waals surface area (Å²) in [5.41, 5.74) is 2.41. The molecule has 0 amide bonds. The molecule has 1 N–H and O–H groups in total. The Balaban J connectivity index is 1.48. The molecule has 1 aliphatic heterocycles. The third-order valence-electron chi connectivity index (χ3n) is 5.43. The minimum Gasteiger partial charge on any atom is -0.481 e. The van der Waals surface area contributed by atoms with Crippen LogP contribution in [0.4, 0.5) is 0 Å². The van der Waals surface area contributed by atoms with Crippen molar-refractivity contribution in [2.75, 3.05) is 19.6 Å². The number of carbonyl (C=O) groups is 1. The first-order valence-electron chi connectivity index (χ1n) is 10.4. The summed E-state index contributed by atoms with van der Waals surface area (Å²) in [6.07, 6.45) is 5.49. The van der Waals surface area contributed by atoms with E-state index in [-0.39, 0.29) is 18.6 Å². The zero-order valence-electron chi connectivity index (χ0n) is 16.5. The lowest BCUT2D eigenvalue weighted by Crippen LogP contribution is -2.38. The molecule has 3 rings (SSSR count). The first-order chi connectivity index (χ1) is 13.7. The molecular weight excluding hydrogens is 350 g/mol. The number of carboxylic acid groups (broad SMARTS) is 1. The minimum absolute atomic E-state index is 0.0185. The van der Waals surface area contributed by atoms with Crippen LogP contribution in [0.5, 0.6) is 0 Å². The maximum absolute atomic E-state index is 10.6. The van der Waals surface area contributed by atoms with Crippen molar-refractivity contribution in [3.8, 4) is 0 Å². The predicted molar refractivity (Wildman–Crippen MR) is 111 cm³/mol. The van der Waals surface area contributed by atoms with Gasteiger partial charge in [-0.1, -0.05) is 67.1 Å². The normalized spacial score (nSPS) is 15.8. The molecule has 2 aromatic carbocycles. The van der Waals surface area contributed by atoms with Gasteiger partial charge in [-0.15, -0.1) is 0 Å². The number of likely N-dealkylation sites (tertiary alicyclic amines) is 1. The van der Waals surface area contributed by atoms with Crippen LogP contribution in [0, 0.1) is 0 Å². The number of hydrogen-bond acceptors (Lipinski definition) is 3. The second-order valence-corrected chi connectivity index (χ2v) is 7.58. The number of aliphatic carboxylic acids is 1. The third kappa shape index (κ3) is 6.47. The summed E-state index contributed by atoms with van der Waals surface area (Å²) < 4.78 is 6.59. The Morgan fingerprint density at radius 2 is 1.50 bits per heavy atom. The molecule has 1 saturated heterocycles. The average molecular weight is 382 g/mol. The van der Waals surface area contributed by atoms with Gasteiger partial charge < -0.3 is 14.7 Å². The molecule has 1 aliphatic rings. The van der Waals surface area contributed by atoms with Crippen molar-refractivity contribution >= 4 is 5.97 Å². The van der Waals surface area contributed by atoms with E-state index in [4.69, 9.17) is 9.84 Å². The lowest BCUT2D eigenvalue weighted by molar-refractivity contribution is -0.137. The summed E-state index contributed by atoms with van der Waals surface area (Å²) in [5, 5.41) is 8.70. The number of rotatable bonds is 10. The van der Waals surface area contributed by atoms with Crippen LogP contribution in [-0.4, -0.2) is 41.7 Å². The maximum atomic E-state index is 10.6. The maximum Gasteiger partial charge on any atom is 0.303 e. The Hall–Kier alpha value is -2.17. The largest absolute Gasteiger partial charge is 0.481 e. The topological polar surface area (TPSA) is 49.8 Å². The molecule has 0 bridgehead atoms. The van der Waals surface area contributed by atoms with E-state index in [0.29, 0.717) is 0 Å². The number of nitrogens with zero attached hydrogens (tertiary/aromatic N) is 1. The molecule has 0 radical (unpaired) electrons. The number of carboxylic acids is 1. The SMILES string of the molecule is O=C(O)CCCCCN1CCC(OC(c2ccccc2)c2ccccc2)CC1. The van der Waals surface area contributed by atoms with Gasteiger partial charge in [0.1, 0.15) is 6.10 Å². The Morgan fingerprint density at radius 1 is 0.929 bits per heavy atom. The Morgan fingerprint density at radius 3 is 2.04 bits per heavy atom. The fourth-order valence-corrected chi connectivity index (χ4v) is 3.86. The summed E-state index contributed by atoms with van der Waals surface area (Å²) in [6.45, 7) is 3.17. The van der Waals surface area contributed by atoms with Crippen LogP contribution in [0.15, 0.2) is 60.7 Å². The van der Waals surface area contributed by atoms with Gasteiger partial charge in [0.15, 0.2) is 0 Å². The van der Waals surface area contributed by atoms with Crippen LogP contribution < -0.4 is 0 Å². The van der Waals surface area contributed by atoms with Gasteiger partial charge in [0, 0.05) is 19.5 Å². The molecule has 0 saturated carbocycles. The van der Waals surface area contributed by atoms with Crippen molar-refractivity contribution in [3.63, 3.8) is 0 Å². The monoisotopic (exact) mass is 381 g/mol. The highest BCUT2D eigenvalue weighted by molar-refractivity contribution is 5.66. The molecule has 2 aromatic rings. The summed E-state index contributed by atoms with van der Waals surface area (Å²) in [5.74, 6) is -0.690. The Kier molecular flexibility index (Phi) is 8.07. The van der Waals surface area contributed by atoms with Crippen LogP contribution in [0.1, 0.15) is 55.8 Å². The van der Waals surface area contributed by atoms with Gasteiger partial charge >= 0.3 is 5.97 Å². The molecular formula is C24H31NO3. The standard InChI is InChI=1S/C24H31NO3/c26-23(27)14-8-3-9-17-25-18-15-22(16-19-25)28-24(20-10-4-1-5-11-20)21-12-6-2-7-13-21/h1-2,4-7,10-13,22,24H,3,8-9,14-19H2,(H,26,27). The Labute approximate surface area is 168 Å². The van der Waals surface area contributed by atoms with Crippen LogP contribution in [0.2, 0.25) is 0 Å². The van der Waals surface area contributed by atoms with Gasteiger partial charge in [0.25, 0.3) is 0 Å². The molecule has 0 atom stereocenters. The molecule has 0 aromatic heterocycles. The molecule has 28 heavy (non-hydrogen) atoms. The van der Waals surface area contributed by atoms with Gasteiger partial charge in [0.2, 0.25) is 0 Å². The van der Waals surface area contributed by atoms with Crippen molar-refractivity contribution in [1.82, 2.24) is 4.90 Å². The third-order valence-corrected chi connectivity index (χ3v) is 5.43. The number of piperidine rings is 1. The van der Waals surface area contributed by atoms with E-state index in [0.717, 1.165) is 51.7 Å². The molecule has 0 aliphatic carbocycles. The van der Waals surface area contributed by atoms with Gasteiger partial charge in [-0.2, -0.15) is 0 Å². The first kappa shape index (κ1) is 20.6. The fourth-order valence-electron chi connectivity index (χ4n) is 3.86. The van der Waals surface area contributed by atoms with E-state index in [9.17, 15) is 4.79 Å². The highest BCUT2D eigenvalue weighted by Gasteiger charge is 2.24. The lowest BCUT2D eigenvalue weighted by Gasteiger charge is -2.34. The smallest absolute Gasteiger partial charge is 0.303 e. The van der Waals surface area contributed by atoms with Gasteiger partial charge in [-0.05, 0) is 43.4 Å². The number of hydrogen-bond donors (Lipinski definition) is 1. The van der Waals surface area contributed by atoms with Gasteiger partial charge in [0.05, 0.1) is 6.10 Å². The van der Waals surface area contributed by atoms with Crippen molar-refractivity contribution in [2.24, 2.45) is 0 Å². The zero-order chi connectivity index (χ0) is 19.6. The van der Waals surface area contributed by atoms with Crippen molar-refractivity contribution in [1.29, 1.82) is 0 Å². The number of benzene rings is 2. The van der Waals surface area contributed by atoms with Crippen LogP contribution >= 0.6 is 0 Å². The van der Waals surface area contributed by atoms with E-state index in [1.54, 1.807) is 0 Å². The molecule has 4 heteroatoms. The van der Waals surface area contributed by atoms with E-state index in [1.807, 2.05) is 12.1 Å². The average Bonchev–Trinajstić information content (AvgIpc) is 2.74. The highest BCUT2D eigenvalue weighted by atomic mass is 16.5. The fraction of sp³-hybridized carbons (Fsp3) is 0.458. The van der Waals surface area contributed by atoms with Crippen molar-refractivity contribution in [2.45, 2.75) is 50.7 Å². The number of unbranched alkanes of at least 4 members (excludes halogenated alkanes) is 2. The quantitative estimate of drug-likeness (QED) is 0.595. The summed E-state index contributed by atoms with van der Waals surface area (Å²) in [4.78, 5) is 13.1. The molecule has 4 nitrogen and oxygen atoms in total. The molecule has 1 fully saturated rings. The minimum atomic E-state index is -0.690. The van der Waals surface area contributed by atoms with E-state index >= 15 is 0 Å². The molecule has 0 unspecified atom stereocenters. The zero-order valence-corrected chi connectivity index (χ0v) is 16.5. The lowest BCUT2D eigenvalue weighted by atomic mass is 10.00. The second-order valence-electron chi connectivity index (χ2n) is 7.58. The molecule has 150 valence electrons. The van der Waals surface area contributed by atoms with E-state index in [2.05, 4.69) is 53.4 Å². The predicted octanol–water partition coefficient (Wildman–Crippen LogP) is 4.90. The molecule has 1 heterocycles. The van der Waals surface area contributed by atoms with Crippen LogP contribution in [0.3, 0.4) is 0 Å². The van der Waals surface area contributed by atoms with Crippen molar-refractivity contribution < 1.29 is 14.6 Å². The molecule has 0 spiro atoms. The second kappa shape index (κ2) is 11.0. The van der Waals surface area contributed by atoms with E-state index in [1.165, 1.54) is 11.1 Å². The summed E-state index contributed by atoms with van der Waals surface area (Å²) in [6, 6.07) is 20.9. The summed E-state index contributed by atoms with van der Waals surface area (Å²) >= 11 is 0. The van der Waals surface area contributed by atoms with Crippen molar-refractivity contribution in [3.05, 3.63) is 71.8 Å². The van der Waals surface area contributed by atoms with Gasteiger partial charge in [-0.3, -0.25) is 4.79 Å². The Bertz CT molecular complexity index is 657. The number of ether oxygens (including phenoxy) is 1. The highest BCUT2D eigenvalue weighted by Crippen LogP contribution is 2.30. The summed E-state index contributed by atoms with van der Waals surface area (Å²) in [7, 11) is 0. The first-order valence-corrected chi connectivity index (χ1v) is 10.4.